The number of hydrogen-bond acceptors (Lipinski definition) is 13. The Labute approximate surface area is 312 Å². The van der Waals surface area contributed by atoms with Crippen LogP contribution < -0.4 is 19.6 Å². The normalized spacial score (nSPS) is 19.8. The largest absolute Gasteiger partial charge is 0.478 e. The van der Waals surface area contributed by atoms with E-state index in [9.17, 15) is 14.7 Å². The molecule has 14 heteroatoms. The van der Waals surface area contributed by atoms with Crippen LogP contribution in [-0.4, -0.2) is 152 Å². The summed E-state index contributed by atoms with van der Waals surface area (Å²) >= 11 is 3.42. The first-order chi connectivity index (χ1) is 24.6. The Kier molecular flexibility index (Phi) is 14.3. The number of aromatic carboxylic acids is 1. The fraction of sp³-hybridized carbons (Fsp3) is 0.730. The first-order valence-corrected chi connectivity index (χ1v) is 20.4. The van der Waals surface area contributed by atoms with Crippen molar-refractivity contribution in [3.05, 3.63) is 22.3 Å². The van der Waals surface area contributed by atoms with Gasteiger partial charge in [0.2, 0.25) is 0 Å². The average Bonchev–Trinajstić information content (AvgIpc) is 3.67. The molecule has 2 aromatic heterocycles. The highest BCUT2D eigenvalue weighted by atomic mass is 32.1. The van der Waals surface area contributed by atoms with E-state index < -0.39 is 5.97 Å². The lowest BCUT2D eigenvalue weighted by Gasteiger charge is -2.35. The lowest BCUT2D eigenvalue weighted by Crippen LogP contribution is -2.44. The molecule has 12 nitrogen and oxygen atoms in total. The first kappa shape index (κ1) is 39.6. The number of carboxylic acids is 1. The van der Waals surface area contributed by atoms with Crippen LogP contribution in [0.4, 0.5) is 20.0 Å². The second-order valence-corrected chi connectivity index (χ2v) is 16.0. The van der Waals surface area contributed by atoms with E-state index in [1.165, 1.54) is 12.1 Å². The fourth-order valence-corrected chi connectivity index (χ4v) is 10.7. The molecule has 0 aromatic carbocycles. The Bertz CT molecular complexity index is 1440. The number of likely N-dealkylation sites (N-methyl/N-ethyl adjacent to an activating group) is 2. The van der Waals surface area contributed by atoms with Gasteiger partial charge in [0.05, 0.1) is 28.2 Å². The van der Waals surface area contributed by atoms with Gasteiger partial charge in [0.15, 0.2) is 0 Å². The number of hydrogen-bond donors (Lipinski definition) is 1. The highest BCUT2D eigenvalue weighted by Gasteiger charge is 2.33. The van der Waals surface area contributed by atoms with Gasteiger partial charge in [-0.25, -0.2) is 9.59 Å². The molecule has 51 heavy (non-hydrogen) atoms. The standard InChI is InChI=1S/C19H31N3O3S.C18H29N3O3S/c1-5-22(15-6-12-25-13-7-15)17-14(2)16(19(23)24-4)18(26-17)21-10-8-20(3)9-11-21;1-4-21(14-5-11-24-12-6-14)16-13(2)15(18(22)23)17(25-16)20-9-7-19(3)8-10-20/h15H,5-13H2,1-4H3;14H,4-12H2,1-3H3,(H,22,23). The Hall–Kier alpha value is -2.62. The van der Waals surface area contributed by atoms with Crippen LogP contribution in [0.1, 0.15) is 71.4 Å². The summed E-state index contributed by atoms with van der Waals surface area (Å²) in [7, 11) is 5.74. The third-order valence-electron chi connectivity index (χ3n) is 10.9. The summed E-state index contributed by atoms with van der Waals surface area (Å²) in [5.74, 6) is -1.03. The van der Waals surface area contributed by atoms with E-state index in [4.69, 9.17) is 14.2 Å². The molecule has 6 rings (SSSR count). The van der Waals surface area contributed by atoms with Crippen LogP contribution in [0.25, 0.3) is 0 Å². The summed E-state index contributed by atoms with van der Waals surface area (Å²) in [6.07, 6.45) is 4.11. The third kappa shape index (κ3) is 9.13. The summed E-state index contributed by atoms with van der Waals surface area (Å²) in [6, 6.07) is 0.926. The number of anilines is 4. The van der Waals surface area contributed by atoms with Crippen LogP contribution in [0.5, 0.6) is 0 Å². The molecule has 0 aliphatic carbocycles. The number of carboxylic acid groups (broad SMARTS) is 1. The molecule has 1 N–H and O–H groups in total. The molecule has 4 aliphatic heterocycles. The van der Waals surface area contributed by atoms with Crippen molar-refractivity contribution in [1.82, 2.24) is 9.80 Å². The number of carbonyl (C=O) groups excluding carboxylic acids is 1. The monoisotopic (exact) mass is 748 g/mol. The predicted octanol–water partition coefficient (Wildman–Crippen LogP) is 5.11. The molecule has 0 spiro atoms. The summed E-state index contributed by atoms with van der Waals surface area (Å²) in [5, 5.41) is 14.2. The zero-order valence-electron chi connectivity index (χ0n) is 31.9. The lowest BCUT2D eigenvalue weighted by molar-refractivity contribution is 0.0600. The van der Waals surface area contributed by atoms with E-state index in [1.807, 2.05) is 6.92 Å². The van der Waals surface area contributed by atoms with Crippen LogP contribution >= 0.6 is 22.7 Å². The van der Waals surface area contributed by atoms with Crippen LogP contribution in [0.3, 0.4) is 0 Å². The first-order valence-electron chi connectivity index (χ1n) is 18.7. The molecule has 0 atom stereocenters. The van der Waals surface area contributed by atoms with Gasteiger partial charge in [-0.3, -0.25) is 0 Å². The minimum atomic E-state index is -0.808. The zero-order valence-corrected chi connectivity index (χ0v) is 33.5. The Morgan fingerprint density at radius 2 is 1.08 bits per heavy atom. The van der Waals surface area contributed by atoms with Crippen LogP contribution in [0.2, 0.25) is 0 Å². The molecular weight excluding hydrogens is 689 g/mol. The number of methoxy groups -OCH3 is 1. The Balaban J connectivity index is 0.000000198. The molecule has 0 unspecified atom stereocenters. The summed E-state index contributed by atoms with van der Waals surface area (Å²) < 4.78 is 16.2. The molecule has 0 radical (unpaired) electrons. The smallest absolute Gasteiger partial charge is 0.341 e. The maximum Gasteiger partial charge on any atom is 0.341 e. The topological polar surface area (TPSA) is 102 Å². The van der Waals surface area contributed by atoms with Crippen molar-refractivity contribution in [1.29, 1.82) is 0 Å². The maximum atomic E-state index is 12.6. The summed E-state index contributed by atoms with van der Waals surface area (Å²) in [4.78, 5) is 38.6. The van der Waals surface area contributed by atoms with Crippen molar-refractivity contribution in [2.24, 2.45) is 0 Å². The summed E-state index contributed by atoms with van der Waals surface area (Å²) in [5.41, 5.74) is 3.22. The molecule has 4 saturated heterocycles. The lowest BCUT2D eigenvalue weighted by atomic mass is 10.1. The minimum Gasteiger partial charge on any atom is -0.478 e. The molecule has 4 fully saturated rings. The second kappa shape index (κ2) is 18.4. The van der Waals surface area contributed by atoms with E-state index in [-0.39, 0.29) is 5.97 Å². The van der Waals surface area contributed by atoms with Crippen LogP contribution in [-0.2, 0) is 14.2 Å². The Morgan fingerprint density at radius 3 is 1.43 bits per heavy atom. The molecule has 4 aliphatic rings. The van der Waals surface area contributed by atoms with Crippen molar-refractivity contribution in [3.63, 3.8) is 0 Å². The van der Waals surface area contributed by atoms with Gasteiger partial charge in [0.1, 0.15) is 10.0 Å². The number of thiophene rings is 2. The van der Waals surface area contributed by atoms with Gasteiger partial charge in [-0.1, -0.05) is 22.7 Å². The number of rotatable bonds is 10. The van der Waals surface area contributed by atoms with E-state index in [1.54, 1.807) is 22.7 Å². The minimum absolute atomic E-state index is 0.220. The fourth-order valence-electron chi connectivity index (χ4n) is 7.71. The van der Waals surface area contributed by atoms with Crippen LogP contribution in [0.15, 0.2) is 0 Å². The van der Waals surface area contributed by atoms with Gasteiger partial charge in [-0.15, -0.1) is 0 Å². The number of nitrogens with zero attached hydrogens (tertiary/aromatic N) is 6. The molecular formula is C37H60N6O6S2. The van der Waals surface area contributed by atoms with E-state index in [0.717, 1.165) is 149 Å². The zero-order chi connectivity index (χ0) is 36.7. The molecule has 286 valence electrons. The van der Waals surface area contributed by atoms with Crippen molar-refractivity contribution in [2.75, 3.05) is 133 Å². The SMILES string of the molecule is CCN(c1sc(N2CCN(C)CC2)c(C(=O)O)c1C)C1CCOCC1.CCN(c1sc(N2CCN(C)CC2)c(C(=O)OC)c1C)C1CCOCC1. The number of piperazine rings is 2. The van der Waals surface area contributed by atoms with Gasteiger partial charge in [0, 0.05) is 115 Å². The van der Waals surface area contributed by atoms with Gasteiger partial charge in [-0.2, -0.15) is 0 Å². The highest BCUT2D eigenvalue weighted by Crippen LogP contribution is 2.45. The average molecular weight is 749 g/mol. The number of ether oxygens (including phenoxy) is 3. The Morgan fingerprint density at radius 1 is 0.706 bits per heavy atom. The molecule has 0 saturated carbocycles. The summed E-state index contributed by atoms with van der Waals surface area (Å²) in [6.45, 7) is 21.1. The molecule has 0 bridgehead atoms. The molecule has 6 heterocycles. The predicted molar refractivity (Wildman–Crippen MR) is 210 cm³/mol. The number of esters is 1. The quantitative estimate of drug-likeness (QED) is 0.327. The third-order valence-corrected chi connectivity index (χ3v) is 13.6. The van der Waals surface area contributed by atoms with E-state index in [2.05, 4.69) is 64.3 Å². The highest BCUT2D eigenvalue weighted by molar-refractivity contribution is 7.21. The van der Waals surface area contributed by atoms with Gasteiger partial charge < -0.3 is 48.7 Å². The van der Waals surface area contributed by atoms with E-state index >= 15 is 0 Å². The molecule has 2 aromatic rings. The second-order valence-electron chi connectivity index (χ2n) is 14.1. The van der Waals surface area contributed by atoms with Crippen molar-refractivity contribution >= 4 is 54.6 Å². The van der Waals surface area contributed by atoms with Gasteiger partial charge in [-0.05, 0) is 67.5 Å². The van der Waals surface area contributed by atoms with Crippen molar-refractivity contribution in [3.8, 4) is 0 Å². The van der Waals surface area contributed by atoms with E-state index in [0.29, 0.717) is 17.6 Å². The van der Waals surface area contributed by atoms with Crippen molar-refractivity contribution < 1.29 is 28.9 Å². The molecule has 0 amide bonds. The van der Waals surface area contributed by atoms with Crippen molar-refractivity contribution in [2.45, 2.75) is 65.5 Å². The van der Waals surface area contributed by atoms with Gasteiger partial charge in [0.25, 0.3) is 0 Å². The van der Waals surface area contributed by atoms with Crippen LogP contribution in [0, 0.1) is 13.8 Å². The number of carbonyl (C=O) groups is 2. The van der Waals surface area contributed by atoms with Gasteiger partial charge >= 0.3 is 11.9 Å². The maximum absolute atomic E-state index is 12.6.